The first-order valence-corrected chi connectivity index (χ1v) is 5.65. The Balaban J connectivity index is 3.18. The van der Waals surface area contributed by atoms with Crippen molar-refractivity contribution in [2.24, 2.45) is 0 Å². The predicted molar refractivity (Wildman–Crippen MR) is 64.2 cm³/mol. The molecule has 0 aromatic carbocycles. The molecule has 0 saturated heterocycles. The monoisotopic (exact) mass is 357 g/mol. The van der Waals surface area contributed by atoms with Gasteiger partial charge in [-0.05, 0) is 22.6 Å². The predicted octanol–water partition coefficient (Wildman–Crippen LogP) is 2.35. The second-order valence-electron chi connectivity index (χ2n) is 3.05. The van der Waals surface area contributed by atoms with E-state index >= 15 is 0 Å². The van der Waals surface area contributed by atoms with Gasteiger partial charge in [-0.15, -0.1) is 0 Å². The lowest BCUT2D eigenvalue weighted by molar-refractivity contribution is -0.139. The Hall–Kier alpha value is -0.990. The number of ether oxygens (including phenoxy) is 2. The zero-order chi connectivity index (χ0) is 13.0. The Labute approximate surface area is 110 Å². The standard InChI is InChI=1S/C10H10F2INO3/c1-16-6-4-14-5(3-7(15)17-2)9(13)8(6)10(11)12/h4,10H,3H2,1-2H3. The number of esters is 1. The SMILES string of the molecule is COC(=O)Cc1ncc(OC)c(C(F)F)c1I. The van der Waals surface area contributed by atoms with E-state index in [0.717, 1.165) is 0 Å². The number of hydrogen-bond acceptors (Lipinski definition) is 4. The number of carbonyl (C=O) groups is 1. The third-order valence-corrected chi connectivity index (χ3v) is 3.27. The fourth-order valence-corrected chi connectivity index (χ4v) is 2.06. The number of halogens is 3. The molecule has 1 heterocycles. The molecular formula is C10H10F2INO3. The minimum atomic E-state index is -2.68. The Morgan fingerprint density at radius 2 is 2.18 bits per heavy atom. The van der Waals surface area contributed by atoms with Gasteiger partial charge in [0.2, 0.25) is 0 Å². The molecule has 0 N–H and O–H groups in total. The van der Waals surface area contributed by atoms with Crippen LogP contribution in [0.3, 0.4) is 0 Å². The van der Waals surface area contributed by atoms with Gasteiger partial charge in [-0.3, -0.25) is 9.78 Å². The Kier molecular flexibility index (Phi) is 5.03. The van der Waals surface area contributed by atoms with Crippen molar-refractivity contribution in [2.75, 3.05) is 14.2 Å². The Bertz CT molecular complexity index is 426. The van der Waals surface area contributed by atoms with Crippen LogP contribution in [0.25, 0.3) is 0 Å². The summed E-state index contributed by atoms with van der Waals surface area (Å²) in [6, 6.07) is 0. The average Bonchev–Trinajstić information content (AvgIpc) is 2.30. The maximum Gasteiger partial charge on any atom is 0.311 e. The minimum Gasteiger partial charge on any atom is -0.495 e. The van der Waals surface area contributed by atoms with Crippen LogP contribution in [0, 0.1) is 3.57 Å². The van der Waals surface area contributed by atoms with Crippen LogP contribution in [0.4, 0.5) is 8.78 Å². The molecule has 7 heteroatoms. The Morgan fingerprint density at radius 1 is 1.53 bits per heavy atom. The molecule has 17 heavy (non-hydrogen) atoms. The van der Waals surface area contributed by atoms with E-state index in [9.17, 15) is 13.6 Å². The van der Waals surface area contributed by atoms with Gasteiger partial charge in [0, 0.05) is 3.57 Å². The summed E-state index contributed by atoms with van der Waals surface area (Å²) < 4.78 is 35.2. The van der Waals surface area contributed by atoms with Crippen molar-refractivity contribution < 1.29 is 23.0 Å². The lowest BCUT2D eigenvalue weighted by Crippen LogP contribution is -2.10. The van der Waals surface area contributed by atoms with Gasteiger partial charge in [0.05, 0.1) is 38.1 Å². The molecule has 1 aromatic heterocycles. The maximum atomic E-state index is 12.8. The first-order valence-electron chi connectivity index (χ1n) is 4.57. The van der Waals surface area contributed by atoms with E-state index < -0.39 is 12.4 Å². The van der Waals surface area contributed by atoms with E-state index in [2.05, 4.69) is 9.72 Å². The van der Waals surface area contributed by atoms with Crippen LogP contribution in [0.5, 0.6) is 5.75 Å². The minimum absolute atomic E-state index is 0.0121. The van der Waals surface area contributed by atoms with Crippen LogP contribution in [0.1, 0.15) is 17.7 Å². The topological polar surface area (TPSA) is 48.4 Å². The summed E-state index contributed by atoms with van der Waals surface area (Å²) in [5, 5.41) is 0. The molecule has 0 saturated carbocycles. The summed E-state index contributed by atoms with van der Waals surface area (Å²) in [5.74, 6) is -0.515. The molecule has 0 aliphatic rings. The van der Waals surface area contributed by atoms with E-state index in [1.165, 1.54) is 20.4 Å². The van der Waals surface area contributed by atoms with Crippen molar-refractivity contribution in [1.29, 1.82) is 0 Å². The molecule has 0 spiro atoms. The van der Waals surface area contributed by atoms with Crippen molar-refractivity contribution in [3.05, 3.63) is 21.0 Å². The van der Waals surface area contributed by atoms with E-state index in [-0.39, 0.29) is 27.0 Å². The number of methoxy groups -OCH3 is 2. The number of rotatable bonds is 4. The van der Waals surface area contributed by atoms with E-state index in [1.807, 2.05) is 0 Å². The zero-order valence-electron chi connectivity index (χ0n) is 9.17. The lowest BCUT2D eigenvalue weighted by Gasteiger charge is -2.12. The molecule has 0 aliphatic heterocycles. The van der Waals surface area contributed by atoms with Crippen LogP contribution in [-0.2, 0) is 16.0 Å². The van der Waals surface area contributed by atoms with Crippen LogP contribution in [-0.4, -0.2) is 25.2 Å². The second kappa shape index (κ2) is 6.08. The zero-order valence-corrected chi connectivity index (χ0v) is 11.3. The molecule has 0 radical (unpaired) electrons. The van der Waals surface area contributed by atoms with Crippen LogP contribution in [0.2, 0.25) is 0 Å². The molecule has 0 aliphatic carbocycles. The third kappa shape index (κ3) is 3.24. The highest BCUT2D eigenvalue weighted by Gasteiger charge is 2.22. The summed E-state index contributed by atoms with van der Waals surface area (Å²) in [6.07, 6.45) is -1.64. The van der Waals surface area contributed by atoms with Crippen LogP contribution in [0.15, 0.2) is 6.20 Å². The first kappa shape index (κ1) is 14.1. The number of alkyl halides is 2. The number of hydrogen-bond donors (Lipinski definition) is 0. The molecule has 94 valence electrons. The molecule has 1 aromatic rings. The lowest BCUT2D eigenvalue weighted by atomic mass is 10.2. The summed E-state index contributed by atoms with van der Waals surface area (Å²) in [7, 11) is 2.52. The smallest absolute Gasteiger partial charge is 0.311 e. The van der Waals surface area contributed by atoms with Crippen molar-refractivity contribution in [3.63, 3.8) is 0 Å². The number of carbonyl (C=O) groups excluding carboxylic acids is 1. The second-order valence-corrected chi connectivity index (χ2v) is 4.13. The molecule has 0 fully saturated rings. The molecular weight excluding hydrogens is 347 g/mol. The highest BCUT2D eigenvalue weighted by atomic mass is 127. The molecule has 4 nitrogen and oxygen atoms in total. The summed E-state index contributed by atoms with van der Waals surface area (Å²) in [4.78, 5) is 15.0. The fraction of sp³-hybridized carbons (Fsp3) is 0.400. The average molecular weight is 357 g/mol. The van der Waals surface area contributed by atoms with E-state index in [4.69, 9.17) is 4.74 Å². The van der Waals surface area contributed by atoms with Gasteiger partial charge in [0.15, 0.2) is 0 Å². The normalized spacial score (nSPS) is 10.5. The molecule has 0 amide bonds. The molecule has 1 rings (SSSR count). The summed E-state index contributed by atoms with van der Waals surface area (Å²) in [6.45, 7) is 0. The fourth-order valence-electron chi connectivity index (χ4n) is 1.22. The van der Waals surface area contributed by atoms with E-state index in [1.54, 1.807) is 22.6 Å². The van der Waals surface area contributed by atoms with Gasteiger partial charge >= 0.3 is 5.97 Å². The molecule has 0 atom stereocenters. The van der Waals surface area contributed by atoms with Gasteiger partial charge < -0.3 is 9.47 Å². The molecule has 0 bridgehead atoms. The highest BCUT2D eigenvalue weighted by Crippen LogP contribution is 2.33. The van der Waals surface area contributed by atoms with Crippen molar-refractivity contribution >= 4 is 28.6 Å². The quantitative estimate of drug-likeness (QED) is 0.613. The maximum absolute atomic E-state index is 12.8. The number of aromatic nitrogens is 1. The van der Waals surface area contributed by atoms with Crippen molar-refractivity contribution in [3.8, 4) is 5.75 Å². The van der Waals surface area contributed by atoms with Crippen LogP contribution >= 0.6 is 22.6 Å². The summed E-state index contributed by atoms with van der Waals surface area (Å²) in [5.41, 5.74) is 0.00977. The Morgan fingerprint density at radius 3 is 2.65 bits per heavy atom. The van der Waals surface area contributed by atoms with Gasteiger partial charge in [-0.2, -0.15) is 0 Å². The van der Waals surface area contributed by atoms with Crippen LogP contribution < -0.4 is 4.74 Å². The van der Waals surface area contributed by atoms with Gasteiger partial charge in [0.25, 0.3) is 6.43 Å². The third-order valence-electron chi connectivity index (χ3n) is 2.07. The largest absolute Gasteiger partial charge is 0.495 e. The highest BCUT2D eigenvalue weighted by molar-refractivity contribution is 14.1. The van der Waals surface area contributed by atoms with Gasteiger partial charge in [0.1, 0.15) is 5.75 Å². The summed E-state index contributed by atoms with van der Waals surface area (Å²) >= 11 is 1.72. The number of nitrogens with zero attached hydrogens (tertiary/aromatic N) is 1. The number of pyridine rings is 1. The van der Waals surface area contributed by atoms with Crippen molar-refractivity contribution in [1.82, 2.24) is 4.98 Å². The van der Waals surface area contributed by atoms with Gasteiger partial charge in [-0.1, -0.05) is 0 Å². The molecule has 0 unspecified atom stereocenters. The van der Waals surface area contributed by atoms with Crippen molar-refractivity contribution in [2.45, 2.75) is 12.8 Å². The first-order chi connectivity index (χ1) is 8.01. The van der Waals surface area contributed by atoms with E-state index in [0.29, 0.717) is 0 Å². The van der Waals surface area contributed by atoms with Gasteiger partial charge in [-0.25, -0.2) is 8.78 Å².